The summed E-state index contributed by atoms with van der Waals surface area (Å²) in [5.41, 5.74) is 0.656. The van der Waals surface area contributed by atoms with Crippen LogP contribution in [-0.2, 0) is 7.05 Å². The molecule has 0 spiro atoms. The van der Waals surface area contributed by atoms with Gasteiger partial charge >= 0.3 is 5.88 Å². The van der Waals surface area contributed by atoms with Gasteiger partial charge in [0.1, 0.15) is 4.92 Å². The molecule has 0 fully saturated rings. The molecule has 8 nitrogen and oxygen atoms in total. The molecule has 0 radical (unpaired) electrons. The first-order valence-corrected chi connectivity index (χ1v) is 7.93. The van der Waals surface area contributed by atoms with Crippen LogP contribution < -0.4 is 0 Å². The maximum atomic E-state index is 10.7. The van der Waals surface area contributed by atoms with E-state index in [0.717, 1.165) is 0 Å². The molecule has 2 heterocycles. The molecule has 0 amide bonds. The van der Waals surface area contributed by atoms with Crippen LogP contribution in [0.4, 0.5) is 5.88 Å². The highest BCUT2D eigenvalue weighted by Gasteiger charge is 2.13. The molecule has 0 N–H and O–H groups in total. The van der Waals surface area contributed by atoms with Gasteiger partial charge in [0, 0.05) is 12.6 Å². The summed E-state index contributed by atoms with van der Waals surface area (Å²) in [7, 11) is 1.67. The van der Waals surface area contributed by atoms with Gasteiger partial charge in [0.15, 0.2) is 11.6 Å². The average molecular weight is 398 g/mol. The predicted octanol–water partition coefficient (Wildman–Crippen LogP) is 4.31. The van der Waals surface area contributed by atoms with Crippen LogP contribution >= 0.6 is 35.4 Å². The number of aromatic nitrogens is 3. The second kappa shape index (κ2) is 6.79. The molecule has 0 atom stereocenters. The highest BCUT2D eigenvalue weighted by molar-refractivity contribution is 7.71. The van der Waals surface area contributed by atoms with E-state index in [1.165, 1.54) is 27.7 Å². The van der Waals surface area contributed by atoms with Gasteiger partial charge in [0.25, 0.3) is 0 Å². The molecule has 3 rings (SSSR count). The summed E-state index contributed by atoms with van der Waals surface area (Å²) in [6.45, 7) is 0. The molecule has 0 bridgehead atoms. The highest BCUT2D eigenvalue weighted by atomic mass is 35.5. The van der Waals surface area contributed by atoms with Crippen molar-refractivity contribution in [1.82, 2.24) is 14.5 Å². The van der Waals surface area contributed by atoms with E-state index in [2.05, 4.69) is 10.2 Å². The Bertz CT molecular complexity index is 1050. The van der Waals surface area contributed by atoms with Crippen LogP contribution in [0, 0.1) is 14.9 Å². The Labute approximate surface area is 156 Å². The van der Waals surface area contributed by atoms with Crippen LogP contribution in [0.1, 0.15) is 5.76 Å². The van der Waals surface area contributed by atoms with Gasteiger partial charge in [-0.3, -0.25) is 10.1 Å². The van der Waals surface area contributed by atoms with E-state index >= 15 is 0 Å². The Morgan fingerprint density at radius 1 is 1.32 bits per heavy atom. The molecule has 11 heteroatoms. The number of nitrogens with zero attached hydrogens (tertiary/aromatic N) is 5. The lowest BCUT2D eigenvalue weighted by atomic mass is 10.2. The molecule has 0 unspecified atom stereocenters. The van der Waals surface area contributed by atoms with Gasteiger partial charge in [-0.15, -0.1) is 5.10 Å². The van der Waals surface area contributed by atoms with Gasteiger partial charge in [-0.05, 0) is 36.5 Å². The largest absolute Gasteiger partial charge is 0.433 e. The summed E-state index contributed by atoms with van der Waals surface area (Å²) in [6.07, 6.45) is 1.31. The van der Waals surface area contributed by atoms with E-state index < -0.39 is 4.92 Å². The molecule has 128 valence electrons. The number of aryl methyl sites for hydroxylation is 1. The Balaban J connectivity index is 2.03. The summed E-state index contributed by atoms with van der Waals surface area (Å²) in [6, 6.07) is 7.69. The van der Waals surface area contributed by atoms with Crippen molar-refractivity contribution in [1.29, 1.82) is 0 Å². The van der Waals surface area contributed by atoms with Crippen molar-refractivity contribution in [3.63, 3.8) is 0 Å². The summed E-state index contributed by atoms with van der Waals surface area (Å²) in [4.78, 5) is 10.0. The fourth-order valence-corrected chi connectivity index (χ4v) is 2.47. The van der Waals surface area contributed by atoms with Crippen LogP contribution in [0.15, 0.2) is 39.9 Å². The minimum Gasteiger partial charge on any atom is -0.400 e. The van der Waals surface area contributed by atoms with Gasteiger partial charge in [-0.25, -0.2) is 4.68 Å². The average Bonchev–Trinajstić information content (AvgIpc) is 3.15. The Hall–Kier alpha value is -2.49. The van der Waals surface area contributed by atoms with Crippen LogP contribution in [0.2, 0.25) is 10.0 Å². The van der Waals surface area contributed by atoms with Crippen LogP contribution in [0.25, 0.3) is 11.4 Å². The first-order valence-electron chi connectivity index (χ1n) is 6.77. The Morgan fingerprint density at radius 3 is 2.72 bits per heavy atom. The molecule has 0 aliphatic rings. The minimum atomic E-state index is -0.631. The lowest BCUT2D eigenvalue weighted by molar-refractivity contribution is -0.402. The summed E-state index contributed by atoms with van der Waals surface area (Å²) in [5, 5.41) is 20.0. The molecule has 3 aromatic rings. The lowest BCUT2D eigenvalue weighted by Crippen LogP contribution is -1.95. The van der Waals surface area contributed by atoms with Gasteiger partial charge in [-0.1, -0.05) is 23.2 Å². The first-order chi connectivity index (χ1) is 11.9. The molecular formula is C14H9Cl2N5O3S. The lowest BCUT2D eigenvalue weighted by Gasteiger charge is -2.02. The molecule has 0 aliphatic heterocycles. The number of hydrogen-bond acceptors (Lipinski definition) is 6. The minimum absolute atomic E-state index is 0.206. The second-order valence-electron chi connectivity index (χ2n) is 4.85. The van der Waals surface area contributed by atoms with Crippen molar-refractivity contribution >= 4 is 47.5 Å². The first kappa shape index (κ1) is 17.3. The van der Waals surface area contributed by atoms with Gasteiger partial charge in [-0.2, -0.15) is 9.78 Å². The number of hydrogen-bond donors (Lipinski definition) is 0. The molecule has 2 aromatic heterocycles. The van der Waals surface area contributed by atoms with Crippen LogP contribution in [0.3, 0.4) is 0 Å². The van der Waals surface area contributed by atoms with Crippen molar-refractivity contribution in [2.75, 3.05) is 0 Å². The van der Waals surface area contributed by atoms with E-state index in [1.807, 2.05) is 0 Å². The number of furan rings is 1. The van der Waals surface area contributed by atoms with Gasteiger partial charge < -0.3 is 4.42 Å². The maximum Gasteiger partial charge on any atom is 0.433 e. The molecule has 0 saturated heterocycles. The standard InChI is InChI=1S/C14H9Cl2N5O3S/c1-19-14(25)20(17-7-9-3-5-12(24-9)21(22)23)13(18-19)8-2-4-10(15)11(16)6-8/h2-7H,1H3/b17-7+. The van der Waals surface area contributed by atoms with Crippen LogP contribution in [-0.4, -0.2) is 25.6 Å². The molecule has 0 saturated carbocycles. The quantitative estimate of drug-likeness (QED) is 0.283. The third-order valence-electron chi connectivity index (χ3n) is 3.17. The smallest absolute Gasteiger partial charge is 0.400 e. The molecule has 1 aromatic carbocycles. The van der Waals surface area contributed by atoms with Crippen molar-refractivity contribution in [2.24, 2.45) is 12.1 Å². The summed E-state index contributed by atoms with van der Waals surface area (Å²) < 4.78 is 8.21. The number of nitro groups is 1. The topological polar surface area (TPSA) is 91.4 Å². The SMILES string of the molecule is Cn1nc(-c2ccc(Cl)c(Cl)c2)n(/N=C/c2ccc([N+](=O)[O-])o2)c1=S. The normalized spacial score (nSPS) is 11.3. The maximum absolute atomic E-state index is 10.7. The fourth-order valence-electron chi connectivity index (χ4n) is 2.00. The van der Waals surface area contributed by atoms with E-state index in [9.17, 15) is 10.1 Å². The van der Waals surface area contributed by atoms with E-state index in [0.29, 0.717) is 26.2 Å². The fraction of sp³-hybridized carbons (Fsp3) is 0.0714. The zero-order chi connectivity index (χ0) is 18.1. The monoisotopic (exact) mass is 397 g/mol. The molecular weight excluding hydrogens is 389 g/mol. The highest BCUT2D eigenvalue weighted by Crippen LogP contribution is 2.28. The van der Waals surface area contributed by atoms with Crippen molar-refractivity contribution in [2.45, 2.75) is 0 Å². The third kappa shape index (κ3) is 3.48. The zero-order valence-corrected chi connectivity index (χ0v) is 14.9. The van der Waals surface area contributed by atoms with E-state index in [-0.39, 0.29) is 11.6 Å². The van der Waals surface area contributed by atoms with Gasteiger partial charge in [0.05, 0.1) is 22.3 Å². The third-order valence-corrected chi connectivity index (χ3v) is 4.35. The number of halogens is 2. The number of rotatable bonds is 4. The number of benzene rings is 1. The van der Waals surface area contributed by atoms with Crippen molar-refractivity contribution in [3.8, 4) is 11.4 Å². The zero-order valence-electron chi connectivity index (χ0n) is 12.6. The van der Waals surface area contributed by atoms with E-state index in [4.69, 9.17) is 39.8 Å². The predicted molar refractivity (Wildman–Crippen MR) is 95.8 cm³/mol. The molecule has 0 aliphatic carbocycles. The van der Waals surface area contributed by atoms with Crippen molar-refractivity contribution in [3.05, 3.63) is 61.0 Å². The molecule has 25 heavy (non-hydrogen) atoms. The Kier molecular flexibility index (Phi) is 4.71. The summed E-state index contributed by atoms with van der Waals surface area (Å²) >= 11 is 17.3. The Morgan fingerprint density at radius 2 is 2.08 bits per heavy atom. The van der Waals surface area contributed by atoms with Gasteiger partial charge in [0.2, 0.25) is 4.77 Å². The van der Waals surface area contributed by atoms with Crippen LogP contribution in [0.5, 0.6) is 0 Å². The summed E-state index contributed by atoms with van der Waals surface area (Å²) in [5.74, 6) is 0.266. The van der Waals surface area contributed by atoms with Crippen molar-refractivity contribution < 1.29 is 9.34 Å². The second-order valence-corrected chi connectivity index (χ2v) is 6.03. The van der Waals surface area contributed by atoms with E-state index in [1.54, 1.807) is 25.2 Å².